The van der Waals surface area contributed by atoms with E-state index in [4.69, 9.17) is 9.47 Å². The van der Waals surface area contributed by atoms with Gasteiger partial charge in [-0.15, -0.1) is 0 Å². The molecule has 1 fully saturated rings. The Morgan fingerprint density at radius 2 is 1.67 bits per heavy atom. The number of piperidine rings is 1. The van der Waals surface area contributed by atoms with Gasteiger partial charge < -0.3 is 19.3 Å². The van der Waals surface area contributed by atoms with Crippen LogP contribution in [-0.4, -0.2) is 64.7 Å². The lowest BCUT2D eigenvalue weighted by molar-refractivity contribution is 0.0204. The van der Waals surface area contributed by atoms with Crippen LogP contribution in [0.4, 0.5) is 4.79 Å². The topological polar surface area (TPSA) is 72.0 Å². The summed E-state index contributed by atoms with van der Waals surface area (Å²) in [5, 5.41) is 0. The van der Waals surface area contributed by atoms with E-state index in [9.17, 15) is 9.59 Å². The molecule has 1 saturated heterocycles. The van der Waals surface area contributed by atoms with Crippen LogP contribution in [0.5, 0.6) is 5.88 Å². The van der Waals surface area contributed by atoms with Crippen LogP contribution in [0.25, 0.3) is 0 Å². The first-order chi connectivity index (χ1) is 13.9. The molecule has 7 heteroatoms. The molecule has 0 radical (unpaired) electrons. The normalized spacial score (nSPS) is 15.5. The number of rotatable bonds is 5. The monoisotopic (exact) mass is 419 g/mol. The molecule has 0 atom stereocenters. The summed E-state index contributed by atoms with van der Waals surface area (Å²) in [5.74, 6) is 0.621. The highest BCUT2D eigenvalue weighted by atomic mass is 16.6. The third-order valence-corrected chi connectivity index (χ3v) is 5.24. The van der Waals surface area contributed by atoms with Crippen LogP contribution in [-0.2, 0) is 4.74 Å². The van der Waals surface area contributed by atoms with Crippen LogP contribution in [0.1, 0.15) is 83.3 Å². The lowest BCUT2D eigenvalue weighted by Gasteiger charge is -2.34. The molecule has 1 aromatic rings. The van der Waals surface area contributed by atoms with Gasteiger partial charge in [-0.25, -0.2) is 9.78 Å². The van der Waals surface area contributed by atoms with Crippen LogP contribution in [0, 0.1) is 0 Å². The van der Waals surface area contributed by atoms with Crippen molar-refractivity contribution in [2.24, 2.45) is 0 Å². The molecule has 0 spiro atoms. The van der Waals surface area contributed by atoms with Crippen LogP contribution < -0.4 is 4.74 Å². The van der Waals surface area contributed by atoms with Gasteiger partial charge in [-0.3, -0.25) is 4.79 Å². The van der Waals surface area contributed by atoms with E-state index in [1.807, 2.05) is 59.4 Å². The Bertz CT molecular complexity index is 739. The molecule has 0 aliphatic carbocycles. The zero-order valence-corrected chi connectivity index (χ0v) is 19.7. The van der Waals surface area contributed by atoms with Gasteiger partial charge in [-0.2, -0.15) is 0 Å². The molecule has 2 heterocycles. The number of carbonyl (C=O) groups is 2. The lowest BCUT2D eigenvalue weighted by Crippen LogP contribution is -2.42. The van der Waals surface area contributed by atoms with Crippen molar-refractivity contribution >= 4 is 12.0 Å². The summed E-state index contributed by atoms with van der Waals surface area (Å²) < 4.78 is 11.0. The van der Waals surface area contributed by atoms with E-state index >= 15 is 0 Å². The number of pyridine rings is 1. The highest BCUT2D eigenvalue weighted by molar-refractivity contribution is 5.93. The SMILES string of the molecule is COc1nc(C(=O)N(C(C)C)C(C)C)ccc1C1CCN(C(=O)OC(C)(C)C)CC1. The van der Waals surface area contributed by atoms with Gasteiger partial charge >= 0.3 is 6.09 Å². The standard InChI is InChI=1S/C23H37N3O4/c1-15(2)26(16(3)4)21(27)19-10-9-18(20(24-19)29-8)17-11-13-25(14-12-17)22(28)30-23(5,6)7/h9-10,15-17H,11-14H2,1-8H3. The second-order valence-corrected chi connectivity index (χ2v) is 9.44. The van der Waals surface area contributed by atoms with Crippen molar-refractivity contribution in [3.05, 3.63) is 23.4 Å². The Morgan fingerprint density at radius 1 is 1.10 bits per heavy atom. The van der Waals surface area contributed by atoms with Crippen molar-refractivity contribution in [3.8, 4) is 5.88 Å². The summed E-state index contributed by atoms with van der Waals surface area (Å²) in [5.41, 5.74) is 0.881. The van der Waals surface area contributed by atoms with E-state index in [-0.39, 0.29) is 30.0 Å². The maximum atomic E-state index is 13.0. The first-order valence-electron chi connectivity index (χ1n) is 10.8. The van der Waals surface area contributed by atoms with Gasteiger partial charge in [0.1, 0.15) is 11.3 Å². The molecule has 0 aromatic carbocycles. The Labute approximate surface area is 180 Å². The molecule has 0 unspecified atom stereocenters. The van der Waals surface area contributed by atoms with E-state index in [2.05, 4.69) is 4.98 Å². The molecule has 1 aliphatic heterocycles. The highest BCUT2D eigenvalue weighted by Crippen LogP contribution is 2.34. The number of aromatic nitrogens is 1. The summed E-state index contributed by atoms with van der Waals surface area (Å²) in [7, 11) is 1.58. The fourth-order valence-corrected chi connectivity index (χ4v) is 3.94. The molecule has 0 saturated carbocycles. The van der Waals surface area contributed by atoms with Gasteiger partial charge in [0.15, 0.2) is 0 Å². The maximum absolute atomic E-state index is 13.0. The van der Waals surface area contributed by atoms with Crippen LogP contribution in [0.15, 0.2) is 12.1 Å². The van der Waals surface area contributed by atoms with Crippen molar-refractivity contribution < 1.29 is 19.1 Å². The minimum Gasteiger partial charge on any atom is -0.481 e. The Balaban J connectivity index is 2.13. The Morgan fingerprint density at radius 3 is 2.13 bits per heavy atom. The molecule has 1 aromatic heterocycles. The minimum absolute atomic E-state index is 0.0853. The van der Waals surface area contributed by atoms with Crippen molar-refractivity contribution in [3.63, 3.8) is 0 Å². The highest BCUT2D eigenvalue weighted by Gasteiger charge is 2.30. The largest absolute Gasteiger partial charge is 0.481 e. The summed E-state index contributed by atoms with van der Waals surface area (Å²) in [6.45, 7) is 14.9. The van der Waals surface area contributed by atoms with Gasteiger partial charge in [-0.1, -0.05) is 6.07 Å². The molecule has 2 rings (SSSR count). The zero-order valence-electron chi connectivity index (χ0n) is 19.7. The summed E-state index contributed by atoms with van der Waals surface area (Å²) in [6.07, 6.45) is 1.33. The number of likely N-dealkylation sites (tertiary alicyclic amines) is 1. The number of nitrogens with zero attached hydrogens (tertiary/aromatic N) is 3. The molecule has 7 nitrogen and oxygen atoms in total. The first kappa shape index (κ1) is 24.0. The minimum atomic E-state index is -0.497. The van der Waals surface area contributed by atoms with Gasteiger partial charge in [-0.05, 0) is 73.3 Å². The lowest BCUT2D eigenvalue weighted by atomic mass is 9.90. The summed E-state index contributed by atoms with van der Waals surface area (Å²) >= 11 is 0. The van der Waals surface area contributed by atoms with E-state index < -0.39 is 5.60 Å². The van der Waals surface area contributed by atoms with Crippen molar-refractivity contribution in [1.29, 1.82) is 0 Å². The number of hydrogen-bond acceptors (Lipinski definition) is 5. The third-order valence-electron chi connectivity index (χ3n) is 5.24. The second kappa shape index (κ2) is 9.67. The summed E-state index contributed by atoms with van der Waals surface area (Å²) in [4.78, 5) is 33.4. The quantitative estimate of drug-likeness (QED) is 0.704. The number of hydrogen-bond donors (Lipinski definition) is 0. The van der Waals surface area contributed by atoms with Crippen LogP contribution in [0.3, 0.4) is 0 Å². The second-order valence-electron chi connectivity index (χ2n) is 9.44. The van der Waals surface area contributed by atoms with Crippen LogP contribution >= 0.6 is 0 Å². The number of carbonyl (C=O) groups excluding carboxylic acids is 2. The van der Waals surface area contributed by atoms with Crippen molar-refractivity contribution in [1.82, 2.24) is 14.8 Å². The third kappa shape index (κ3) is 5.86. The molecule has 168 valence electrons. The fraction of sp³-hybridized carbons (Fsp3) is 0.696. The fourth-order valence-electron chi connectivity index (χ4n) is 3.94. The predicted molar refractivity (Wildman–Crippen MR) is 117 cm³/mol. The molecular weight excluding hydrogens is 382 g/mol. The van der Waals surface area contributed by atoms with Gasteiger partial charge in [0.05, 0.1) is 7.11 Å². The Hall–Kier alpha value is -2.31. The maximum Gasteiger partial charge on any atom is 0.410 e. The van der Waals surface area contributed by atoms with E-state index in [1.165, 1.54) is 0 Å². The smallest absolute Gasteiger partial charge is 0.410 e. The molecule has 2 amide bonds. The van der Waals surface area contributed by atoms with E-state index in [1.54, 1.807) is 18.1 Å². The van der Waals surface area contributed by atoms with Gasteiger partial charge in [0.2, 0.25) is 5.88 Å². The zero-order chi connectivity index (χ0) is 22.6. The number of amides is 2. The predicted octanol–water partition coefficient (Wildman–Crippen LogP) is 4.46. The molecule has 0 bridgehead atoms. The van der Waals surface area contributed by atoms with Crippen molar-refractivity contribution in [2.45, 2.75) is 84.9 Å². The molecule has 0 N–H and O–H groups in total. The van der Waals surface area contributed by atoms with E-state index in [0.717, 1.165) is 18.4 Å². The molecule has 1 aliphatic rings. The summed E-state index contributed by atoms with van der Waals surface area (Å²) in [6, 6.07) is 3.91. The molecular formula is C23H37N3O4. The van der Waals surface area contributed by atoms with Gasteiger partial charge in [0, 0.05) is 30.7 Å². The van der Waals surface area contributed by atoms with Crippen LogP contribution in [0.2, 0.25) is 0 Å². The average Bonchev–Trinajstić information content (AvgIpc) is 2.65. The van der Waals surface area contributed by atoms with Gasteiger partial charge in [0.25, 0.3) is 5.91 Å². The first-order valence-corrected chi connectivity index (χ1v) is 10.8. The van der Waals surface area contributed by atoms with Crippen molar-refractivity contribution in [2.75, 3.05) is 20.2 Å². The number of ether oxygens (including phenoxy) is 2. The number of methoxy groups -OCH3 is 1. The average molecular weight is 420 g/mol. The molecule has 30 heavy (non-hydrogen) atoms. The Kier molecular flexibility index (Phi) is 7.72. The van der Waals surface area contributed by atoms with E-state index in [0.29, 0.717) is 24.7 Å².